The van der Waals surface area contributed by atoms with Crippen LogP contribution in [0.4, 0.5) is 18.9 Å². The summed E-state index contributed by atoms with van der Waals surface area (Å²) in [6.45, 7) is 1.48. The van der Waals surface area contributed by atoms with Crippen molar-refractivity contribution in [2.24, 2.45) is 4.99 Å². The number of aromatic hydroxyl groups is 2. The Kier molecular flexibility index (Phi) is 5.87. The lowest BCUT2D eigenvalue weighted by atomic mass is 10.0. The number of nitrogens with zero attached hydrogens (tertiary/aromatic N) is 1. The van der Waals surface area contributed by atoms with Crippen molar-refractivity contribution in [2.45, 2.75) is 29.7 Å². The van der Waals surface area contributed by atoms with Crippen molar-refractivity contribution in [1.82, 2.24) is 0 Å². The second-order valence-corrected chi connectivity index (χ2v) is 8.62. The Bertz CT molecular complexity index is 1320. The summed E-state index contributed by atoms with van der Waals surface area (Å²) in [6, 6.07) is 9.01. The number of thioether (sulfide) groups is 1. The number of phenolic OH excluding ortho intramolecular Hbond substituents is 1. The summed E-state index contributed by atoms with van der Waals surface area (Å²) >= 11 is 1.19. The number of ether oxygens (including phenoxy) is 1. The zero-order valence-electron chi connectivity index (χ0n) is 17.4. The number of rotatable bonds is 3. The van der Waals surface area contributed by atoms with Crippen LogP contribution in [0.25, 0.3) is 0 Å². The van der Waals surface area contributed by atoms with Crippen LogP contribution in [0.2, 0.25) is 0 Å². The van der Waals surface area contributed by atoms with E-state index in [1.807, 2.05) is 0 Å². The van der Waals surface area contributed by atoms with E-state index in [-0.39, 0.29) is 34.9 Å². The van der Waals surface area contributed by atoms with Gasteiger partial charge in [0.2, 0.25) is 0 Å². The van der Waals surface area contributed by atoms with Gasteiger partial charge in [0.05, 0.1) is 24.1 Å². The number of hydrogen-bond donors (Lipinski definition) is 2. The fraction of sp³-hybridized carbons (Fsp3) is 0.217. The molecule has 0 fully saturated rings. The van der Waals surface area contributed by atoms with Crippen LogP contribution < -0.4 is 10.4 Å². The quantitative estimate of drug-likeness (QED) is 0.500. The average molecular weight is 477 g/mol. The molecular weight excluding hydrogens is 459 g/mol. The van der Waals surface area contributed by atoms with Gasteiger partial charge in [-0.25, -0.2) is 4.79 Å². The lowest BCUT2D eigenvalue weighted by Crippen LogP contribution is -2.17. The van der Waals surface area contributed by atoms with Gasteiger partial charge in [-0.1, -0.05) is 0 Å². The minimum absolute atomic E-state index is 0.00548. The highest BCUT2D eigenvalue weighted by Gasteiger charge is 2.33. The fourth-order valence-electron chi connectivity index (χ4n) is 3.55. The molecule has 1 aromatic heterocycles. The monoisotopic (exact) mass is 477 g/mol. The van der Waals surface area contributed by atoms with Crippen molar-refractivity contribution < 1.29 is 32.5 Å². The van der Waals surface area contributed by atoms with Crippen molar-refractivity contribution in [3.8, 4) is 17.2 Å². The van der Waals surface area contributed by atoms with E-state index in [4.69, 9.17) is 9.15 Å². The molecule has 172 valence electrons. The molecule has 0 saturated carbocycles. The van der Waals surface area contributed by atoms with E-state index < -0.39 is 28.4 Å². The first kappa shape index (κ1) is 22.8. The van der Waals surface area contributed by atoms with Gasteiger partial charge in [-0.2, -0.15) is 13.2 Å². The van der Waals surface area contributed by atoms with Crippen LogP contribution >= 0.6 is 11.8 Å². The van der Waals surface area contributed by atoms with Crippen LogP contribution in [0.15, 0.2) is 61.6 Å². The van der Waals surface area contributed by atoms with Gasteiger partial charge in [0, 0.05) is 28.2 Å². The Balaban J connectivity index is 1.93. The van der Waals surface area contributed by atoms with Gasteiger partial charge in [-0.15, -0.1) is 11.8 Å². The highest BCUT2D eigenvalue weighted by atomic mass is 32.2. The van der Waals surface area contributed by atoms with Crippen molar-refractivity contribution in [3.05, 3.63) is 75.3 Å². The molecule has 33 heavy (non-hydrogen) atoms. The van der Waals surface area contributed by atoms with E-state index in [9.17, 15) is 28.2 Å². The molecule has 2 aromatic carbocycles. The molecule has 2 heterocycles. The highest BCUT2D eigenvalue weighted by Crippen LogP contribution is 2.49. The summed E-state index contributed by atoms with van der Waals surface area (Å²) in [5, 5.41) is 20.4. The normalized spacial score (nSPS) is 16.0. The number of benzene rings is 2. The molecule has 10 heteroatoms. The minimum atomic E-state index is -4.59. The zero-order valence-corrected chi connectivity index (χ0v) is 18.3. The van der Waals surface area contributed by atoms with E-state index in [0.29, 0.717) is 16.2 Å². The van der Waals surface area contributed by atoms with Crippen molar-refractivity contribution in [3.63, 3.8) is 0 Å². The third kappa shape index (κ3) is 4.56. The largest absolute Gasteiger partial charge is 0.508 e. The van der Waals surface area contributed by atoms with E-state index >= 15 is 0 Å². The summed E-state index contributed by atoms with van der Waals surface area (Å²) < 4.78 is 50.3. The second-order valence-electron chi connectivity index (χ2n) is 7.38. The number of aliphatic imine (C=N–C) groups is 1. The van der Waals surface area contributed by atoms with Crippen LogP contribution in [-0.4, -0.2) is 23.0 Å². The molecule has 0 amide bonds. The van der Waals surface area contributed by atoms with Gasteiger partial charge >= 0.3 is 11.8 Å². The summed E-state index contributed by atoms with van der Waals surface area (Å²) in [6.07, 6.45) is -4.57. The van der Waals surface area contributed by atoms with Gasteiger partial charge in [0.15, 0.2) is 0 Å². The summed E-state index contributed by atoms with van der Waals surface area (Å²) in [4.78, 5) is 17.3. The van der Waals surface area contributed by atoms with Gasteiger partial charge < -0.3 is 19.4 Å². The molecule has 6 nitrogen and oxygen atoms in total. The predicted octanol–water partition coefficient (Wildman–Crippen LogP) is 5.74. The fourth-order valence-corrected chi connectivity index (χ4v) is 4.79. The number of halogens is 3. The molecule has 0 aliphatic carbocycles. The zero-order chi connectivity index (χ0) is 23.9. The summed E-state index contributed by atoms with van der Waals surface area (Å²) in [5.41, 5.74) is -1.52. The number of fused-ring (bicyclic) bond motifs is 1. The molecule has 0 saturated heterocycles. The number of alkyl halides is 3. The van der Waals surface area contributed by atoms with Crippen LogP contribution in [0, 0.1) is 6.92 Å². The van der Waals surface area contributed by atoms with Gasteiger partial charge in [0.25, 0.3) is 0 Å². The molecular formula is C23H18F3NO5S. The first-order valence-electron chi connectivity index (χ1n) is 9.73. The lowest BCUT2D eigenvalue weighted by Gasteiger charge is -2.18. The van der Waals surface area contributed by atoms with E-state index in [0.717, 1.165) is 12.1 Å². The van der Waals surface area contributed by atoms with Crippen LogP contribution in [0.1, 0.15) is 34.1 Å². The third-order valence-corrected chi connectivity index (χ3v) is 6.42. The van der Waals surface area contributed by atoms with Gasteiger partial charge in [-0.05, 0) is 43.3 Å². The first-order chi connectivity index (χ1) is 15.6. The highest BCUT2D eigenvalue weighted by molar-refractivity contribution is 7.99. The van der Waals surface area contributed by atoms with Crippen molar-refractivity contribution in [1.29, 1.82) is 0 Å². The maximum absolute atomic E-state index is 13.3. The number of phenols is 1. The Hall–Kier alpha value is -3.40. The molecule has 3 aromatic rings. The second kappa shape index (κ2) is 8.51. The van der Waals surface area contributed by atoms with E-state index in [2.05, 4.69) is 4.99 Å². The Morgan fingerprint density at radius 3 is 2.55 bits per heavy atom. The molecule has 1 aliphatic heterocycles. The van der Waals surface area contributed by atoms with E-state index in [1.54, 1.807) is 12.1 Å². The first-order valence-corrected chi connectivity index (χ1v) is 10.6. The van der Waals surface area contributed by atoms with Gasteiger partial charge in [-0.3, -0.25) is 4.99 Å². The molecule has 1 atom stereocenters. The molecule has 2 N–H and O–H groups in total. The molecule has 1 unspecified atom stereocenters. The molecule has 0 radical (unpaired) electrons. The van der Waals surface area contributed by atoms with Crippen LogP contribution in [-0.2, 0) is 6.18 Å². The van der Waals surface area contributed by atoms with Crippen LogP contribution in [0.3, 0.4) is 0 Å². The maximum atomic E-state index is 13.3. The smallest absolute Gasteiger partial charge is 0.416 e. The molecule has 0 spiro atoms. The topological polar surface area (TPSA) is 92.3 Å². The minimum Gasteiger partial charge on any atom is -0.508 e. The molecule has 4 rings (SSSR count). The molecule has 0 bridgehead atoms. The maximum Gasteiger partial charge on any atom is 0.416 e. The lowest BCUT2D eigenvalue weighted by molar-refractivity contribution is -0.137. The van der Waals surface area contributed by atoms with Gasteiger partial charge in [0.1, 0.15) is 28.6 Å². The number of hydrogen-bond acceptors (Lipinski definition) is 7. The SMILES string of the molecule is COc1ccc(O)c(C2CC(c3c(O)cc(C)oc3=O)=Nc3cc(C(F)(F)F)ccc3S2)c1. The van der Waals surface area contributed by atoms with Crippen LogP contribution in [0.5, 0.6) is 17.2 Å². The van der Waals surface area contributed by atoms with Crippen molar-refractivity contribution in [2.75, 3.05) is 7.11 Å². The number of methoxy groups -OCH3 is 1. The Morgan fingerprint density at radius 2 is 1.88 bits per heavy atom. The third-order valence-electron chi connectivity index (χ3n) is 5.11. The summed E-state index contributed by atoms with van der Waals surface area (Å²) in [7, 11) is 1.47. The predicted molar refractivity (Wildman–Crippen MR) is 117 cm³/mol. The van der Waals surface area contributed by atoms with E-state index in [1.165, 1.54) is 44.0 Å². The average Bonchev–Trinajstić information content (AvgIpc) is 2.91. The Morgan fingerprint density at radius 1 is 1.12 bits per heavy atom. The Labute approximate surface area is 190 Å². The number of aryl methyl sites for hydroxylation is 1. The standard InChI is InChI=1S/C23H18F3NO5S/c1-11-7-18(29)21(22(30)32-11)16-10-20(14-9-13(31-2)4-5-17(14)28)33-19-6-3-12(23(24,25)26)8-15(19)27-16/h3-9,20,28-29H,10H2,1-2H3. The van der Waals surface area contributed by atoms with Crippen molar-refractivity contribution >= 4 is 23.2 Å². The summed E-state index contributed by atoms with van der Waals surface area (Å²) in [5.74, 6) is 0.197. The molecule has 1 aliphatic rings.